The van der Waals surface area contributed by atoms with Gasteiger partial charge < -0.3 is 20.1 Å². The average molecular weight is 377 g/mol. The maximum Gasteiger partial charge on any atom is 0.323 e. The van der Waals surface area contributed by atoms with E-state index in [1.807, 2.05) is 24.3 Å². The molecule has 0 heterocycles. The molecule has 0 fully saturated rings. The van der Waals surface area contributed by atoms with Crippen molar-refractivity contribution in [1.29, 1.82) is 0 Å². The topological polar surface area (TPSA) is 59.6 Å². The number of anilines is 1. The number of nitrogens with one attached hydrogen (secondary N) is 2. The number of hydrogen-bond acceptors (Lipinski definition) is 3. The molecule has 0 aromatic heterocycles. The average Bonchev–Trinajstić information content (AvgIpc) is 2.54. The molecule has 120 valence electrons. The molecular formula is C17H17BrN2O3. The van der Waals surface area contributed by atoms with E-state index in [2.05, 4.69) is 26.6 Å². The summed E-state index contributed by atoms with van der Waals surface area (Å²) in [5.74, 6) is 1.16. The Balaban J connectivity index is 1.94. The second-order valence-electron chi connectivity index (χ2n) is 4.56. The van der Waals surface area contributed by atoms with Gasteiger partial charge in [-0.15, -0.1) is 0 Å². The number of rotatable bonds is 5. The van der Waals surface area contributed by atoms with Crippen LogP contribution < -0.4 is 20.1 Å². The van der Waals surface area contributed by atoms with Crippen LogP contribution in [0.3, 0.4) is 0 Å². The molecule has 2 N–H and O–H groups in total. The highest BCUT2D eigenvalue weighted by Gasteiger charge is 2.06. The number of halogens is 1. The summed E-state index contributed by atoms with van der Waals surface area (Å²) in [7, 11) is 3.10. The number of methoxy groups -OCH3 is 2. The fraction of sp³-hybridized carbons (Fsp3) is 0.118. The Hall–Kier alpha value is -2.47. The number of benzene rings is 2. The summed E-state index contributed by atoms with van der Waals surface area (Å²) in [6.07, 6.45) is 3.39. The molecule has 0 spiro atoms. The summed E-state index contributed by atoms with van der Waals surface area (Å²) in [6.45, 7) is 0. The maximum absolute atomic E-state index is 11.9. The van der Waals surface area contributed by atoms with Gasteiger partial charge >= 0.3 is 6.03 Å². The Bertz CT molecular complexity index is 717. The third-order valence-electron chi connectivity index (χ3n) is 2.98. The molecule has 0 saturated carbocycles. The van der Waals surface area contributed by atoms with E-state index in [-0.39, 0.29) is 6.03 Å². The molecule has 0 unspecified atom stereocenters. The molecule has 0 aliphatic carbocycles. The van der Waals surface area contributed by atoms with Crippen molar-refractivity contribution in [3.05, 3.63) is 58.7 Å². The lowest BCUT2D eigenvalue weighted by Crippen LogP contribution is -2.23. The molecule has 2 amide bonds. The van der Waals surface area contributed by atoms with Crippen LogP contribution in [-0.4, -0.2) is 20.3 Å². The van der Waals surface area contributed by atoms with Crippen molar-refractivity contribution in [3.8, 4) is 11.5 Å². The number of ether oxygens (including phenoxy) is 2. The summed E-state index contributed by atoms with van der Waals surface area (Å²) in [4.78, 5) is 11.9. The summed E-state index contributed by atoms with van der Waals surface area (Å²) >= 11 is 3.40. The van der Waals surface area contributed by atoms with E-state index in [9.17, 15) is 4.79 Å². The van der Waals surface area contributed by atoms with Crippen LogP contribution in [0.5, 0.6) is 11.5 Å². The first-order chi connectivity index (χ1) is 11.1. The molecule has 2 aromatic rings. The van der Waals surface area contributed by atoms with Crippen molar-refractivity contribution in [2.75, 3.05) is 19.5 Å². The molecule has 6 heteroatoms. The van der Waals surface area contributed by atoms with Gasteiger partial charge in [-0.05, 0) is 35.9 Å². The third kappa shape index (κ3) is 5.03. The van der Waals surface area contributed by atoms with Crippen molar-refractivity contribution in [2.45, 2.75) is 0 Å². The molecule has 0 aliphatic heterocycles. The molecule has 0 aliphatic rings. The number of carbonyl (C=O) groups excluding carboxylic acids is 1. The van der Waals surface area contributed by atoms with Gasteiger partial charge in [0.2, 0.25) is 0 Å². The van der Waals surface area contributed by atoms with Crippen LogP contribution in [0.1, 0.15) is 5.56 Å². The van der Waals surface area contributed by atoms with Crippen LogP contribution in [0.4, 0.5) is 10.5 Å². The molecule has 0 bridgehead atoms. The van der Waals surface area contributed by atoms with E-state index in [0.29, 0.717) is 17.2 Å². The highest BCUT2D eigenvalue weighted by Crippen LogP contribution is 2.29. The highest BCUT2D eigenvalue weighted by atomic mass is 79.9. The first kappa shape index (κ1) is 16.9. The van der Waals surface area contributed by atoms with Gasteiger partial charge in [0.15, 0.2) is 11.5 Å². The largest absolute Gasteiger partial charge is 0.493 e. The van der Waals surface area contributed by atoms with E-state index in [1.165, 1.54) is 0 Å². The summed E-state index contributed by atoms with van der Waals surface area (Å²) in [5.41, 5.74) is 1.58. The quantitative estimate of drug-likeness (QED) is 0.819. The Kier molecular flexibility index (Phi) is 6.05. The van der Waals surface area contributed by atoms with Crippen molar-refractivity contribution >= 4 is 33.7 Å². The van der Waals surface area contributed by atoms with Crippen molar-refractivity contribution in [1.82, 2.24) is 5.32 Å². The summed E-state index contributed by atoms with van der Waals surface area (Å²) < 4.78 is 11.3. The fourth-order valence-electron chi connectivity index (χ4n) is 1.90. The number of carbonyl (C=O) groups is 1. The molecule has 0 saturated heterocycles. The van der Waals surface area contributed by atoms with Crippen LogP contribution in [0, 0.1) is 0 Å². The third-order valence-corrected chi connectivity index (χ3v) is 3.47. The zero-order valence-corrected chi connectivity index (χ0v) is 14.4. The minimum Gasteiger partial charge on any atom is -0.493 e. The van der Waals surface area contributed by atoms with Gasteiger partial charge in [-0.2, -0.15) is 0 Å². The minimum atomic E-state index is -0.344. The zero-order valence-electron chi connectivity index (χ0n) is 12.8. The lowest BCUT2D eigenvalue weighted by Gasteiger charge is -2.10. The molecular weight excluding hydrogens is 360 g/mol. The van der Waals surface area contributed by atoms with Gasteiger partial charge in [-0.1, -0.05) is 28.1 Å². The Morgan fingerprint density at radius 1 is 1.09 bits per heavy atom. The predicted octanol–water partition coefficient (Wildman–Crippen LogP) is 4.26. The van der Waals surface area contributed by atoms with E-state index >= 15 is 0 Å². The zero-order chi connectivity index (χ0) is 16.7. The Labute approximate surface area is 143 Å². The van der Waals surface area contributed by atoms with Crippen molar-refractivity contribution < 1.29 is 14.3 Å². The van der Waals surface area contributed by atoms with Gasteiger partial charge in [-0.25, -0.2) is 4.79 Å². The van der Waals surface area contributed by atoms with Crippen LogP contribution >= 0.6 is 15.9 Å². The molecule has 0 radical (unpaired) electrons. The van der Waals surface area contributed by atoms with E-state index in [4.69, 9.17) is 9.47 Å². The van der Waals surface area contributed by atoms with Gasteiger partial charge in [0.1, 0.15) is 0 Å². The number of amides is 2. The van der Waals surface area contributed by atoms with Gasteiger partial charge in [-0.3, -0.25) is 0 Å². The monoisotopic (exact) mass is 376 g/mol. The molecule has 2 rings (SSSR count). The SMILES string of the molecule is COc1ccc(NC(=O)N/C=C/c2cccc(Br)c2)cc1OC. The Morgan fingerprint density at radius 2 is 1.87 bits per heavy atom. The van der Waals surface area contributed by atoms with Crippen LogP contribution in [0.25, 0.3) is 6.08 Å². The Morgan fingerprint density at radius 3 is 2.57 bits per heavy atom. The van der Waals surface area contributed by atoms with Crippen LogP contribution in [-0.2, 0) is 0 Å². The van der Waals surface area contributed by atoms with Crippen molar-refractivity contribution in [3.63, 3.8) is 0 Å². The first-order valence-corrected chi connectivity index (χ1v) is 7.63. The molecule has 0 atom stereocenters. The second kappa shape index (κ2) is 8.24. The smallest absolute Gasteiger partial charge is 0.323 e. The second-order valence-corrected chi connectivity index (χ2v) is 5.47. The summed E-state index contributed by atoms with van der Waals surface area (Å²) in [6, 6.07) is 12.6. The molecule has 2 aromatic carbocycles. The van der Waals surface area contributed by atoms with E-state index < -0.39 is 0 Å². The molecule has 23 heavy (non-hydrogen) atoms. The number of urea groups is 1. The maximum atomic E-state index is 11.9. The highest BCUT2D eigenvalue weighted by molar-refractivity contribution is 9.10. The van der Waals surface area contributed by atoms with Gasteiger partial charge in [0.25, 0.3) is 0 Å². The van der Waals surface area contributed by atoms with Crippen LogP contribution in [0.15, 0.2) is 53.1 Å². The number of hydrogen-bond donors (Lipinski definition) is 2. The lowest BCUT2D eigenvalue weighted by atomic mass is 10.2. The van der Waals surface area contributed by atoms with E-state index in [1.54, 1.807) is 44.7 Å². The lowest BCUT2D eigenvalue weighted by molar-refractivity contribution is 0.255. The van der Waals surface area contributed by atoms with Gasteiger partial charge in [0.05, 0.1) is 14.2 Å². The standard InChI is InChI=1S/C17H17BrN2O3/c1-22-15-7-6-14(11-16(15)23-2)20-17(21)19-9-8-12-4-3-5-13(18)10-12/h3-11H,1-2H3,(H2,19,20,21)/b9-8+. The minimum absolute atomic E-state index is 0.344. The fourth-order valence-corrected chi connectivity index (χ4v) is 2.32. The van der Waals surface area contributed by atoms with E-state index in [0.717, 1.165) is 10.0 Å². The first-order valence-electron chi connectivity index (χ1n) is 6.84. The van der Waals surface area contributed by atoms with Crippen LogP contribution in [0.2, 0.25) is 0 Å². The molecule has 5 nitrogen and oxygen atoms in total. The predicted molar refractivity (Wildman–Crippen MR) is 94.9 cm³/mol. The summed E-state index contributed by atoms with van der Waals surface area (Å²) in [5, 5.41) is 5.37. The normalized spacial score (nSPS) is 10.4. The van der Waals surface area contributed by atoms with Gasteiger partial charge in [0, 0.05) is 22.4 Å². The van der Waals surface area contributed by atoms with Crippen molar-refractivity contribution in [2.24, 2.45) is 0 Å².